The summed E-state index contributed by atoms with van der Waals surface area (Å²) in [6.07, 6.45) is 1.38. The van der Waals surface area contributed by atoms with Gasteiger partial charge >= 0.3 is 0 Å². The van der Waals surface area contributed by atoms with E-state index in [0.717, 1.165) is 17.0 Å². The molecule has 2 aromatic rings. The molecular weight excluding hydrogens is 334 g/mol. The normalized spacial score (nSPS) is 11.8. The average Bonchev–Trinajstić information content (AvgIpc) is 3.04. The monoisotopic (exact) mass is 351 g/mol. The number of amides is 2. The van der Waals surface area contributed by atoms with E-state index in [1.807, 2.05) is 19.1 Å². The van der Waals surface area contributed by atoms with Crippen molar-refractivity contribution in [2.24, 2.45) is 0 Å². The van der Waals surface area contributed by atoms with Gasteiger partial charge in [-0.05, 0) is 18.6 Å². The lowest BCUT2D eigenvalue weighted by atomic mass is 10.1. The second-order valence-electron chi connectivity index (χ2n) is 4.97. The Balaban J connectivity index is 2.11. The van der Waals surface area contributed by atoms with Gasteiger partial charge in [0.2, 0.25) is 5.91 Å². The molecule has 1 atom stereocenters. The number of benzene rings is 1. The lowest BCUT2D eigenvalue weighted by molar-refractivity contribution is -0.122. The van der Waals surface area contributed by atoms with Gasteiger partial charge in [0.15, 0.2) is 0 Å². The Kier molecular flexibility index (Phi) is 6.12. The summed E-state index contributed by atoms with van der Waals surface area (Å²) in [5.41, 5.74) is 1.21. The predicted octanol–water partition coefficient (Wildman–Crippen LogP) is 3.11. The SMILES string of the molecule is CCCC(NC(=O)c1csc(-c2ccc(Cl)cc2)n1)C(=O)NC. The van der Waals surface area contributed by atoms with Crippen molar-refractivity contribution >= 4 is 34.8 Å². The van der Waals surface area contributed by atoms with Gasteiger partial charge < -0.3 is 10.6 Å². The minimum atomic E-state index is -0.543. The first-order chi connectivity index (χ1) is 11.0. The number of nitrogens with one attached hydrogen (secondary N) is 2. The highest BCUT2D eigenvalue weighted by atomic mass is 35.5. The molecule has 1 aromatic heterocycles. The Bertz CT molecular complexity index is 685. The number of aromatic nitrogens is 1. The summed E-state index contributed by atoms with van der Waals surface area (Å²) in [4.78, 5) is 28.4. The quantitative estimate of drug-likeness (QED) is 0.840. The van der Waals surface area contributed by atoms with Crippen molar-refractivity contribution in [3.8, 4) is 10.6 Å². The first kappa shape index (κ1) is 17.4. The molecule has 1 aromatic carbocycles. The van der Waals surface area contributed by atoms with Crippen molar-refractivity contribution in [3.05, 3.63) is 40.4 Å². The van der Waals surface area contributed by atoms with Crippen LogP contribution in [0.1, 0.15) is 30.3 Å². The number of rotatable bonds is 6. The van der Waals surface area contributed by atoms with E-state index >= 15 is 0 Å². The number of carbonyl (C=O) groups is 2. The number of hydrogen-bond acceptors (Lipinski definition) is 4. The van der Waals surface area contributed by atoms with Gasteiger partial charge in [-0.2, -0.15) is 0 Å². The molecule has 2 N–H and O–H groups in total. The van der Waals surface area contributed by atoms with E-state index in [-0.39, 0.29) is 11.8 Å². The molecule has 0 fully saturated rings. The summed E-state index contributed by atoms with van der Waals surface area (Å²) < 4.78 is 0. The van der Waals surface area contributed by atoms with Gasteiger partial charge in [0.05, 0.1) is 0 Å². The molecule has 0 aliphatic carbocycles. The lowest BCUT2D eigenvalue weighted by Gasteiger charge is -2.15. The van der Waals surface area contributed by atoms with Crippen molar-refractivity contribution < 1.29 is 9.59 Å². The second kappa shape index (κ2) is 8.08. The Labute approximate surface area is 144 Å². The first-order valence-electron chi connectivity index (χ1n) is 7.29. The Morgan fingerprint density at radius 2 is 2.00 bits per heavy atom. The van der Waals surface area contributed by atoms with Gasteiger partial charge in [0, 0.05) is 23.0 Å². The number of hydrogen-bond donors (Lipinski definition) is 2. The smallest absolute Gasteiger partial charge is 0.271 e. The molecule has 0 bridgehead atoms. The summed E-state index contributed by atoms with van der Waals surface area (Å²) in [6.45, 7) is 1.96. The van der Waals surface area contributed by atoms with E-state index in [9.17, 15) is 9.59 Å². The van der Waals surface area contributed by atoms with Crippen LogP contribution in [0.3, 0.4) is 0 Å². The zero-order valence-corrected chi connectivity index (χ0v) is 14.5. The van der Waals surface area contributed by atoms with Crippen molar-refractivity contribution in [1.29, 1.82) is 0 Å². The Hall–Kier alpha value is -1.92. The number of thiazole rings is 1. The summed E-state index contributed by atoms with van der Waals surface area (Å²) in [6, 6.07) is 6.72. The maximum absolute atomic E-state index is 12.3. The number of likely N-dealkylation sites (N-methyl/N-ethyl adjacent to an activating group) is 1. The molecule has 23 heavy (non-hydrogen) atoms. The highest BCUT2D eigenvalue weighted by Crippen LogP contribution is 2.25. The number of carbonyl (C=O) groups excluding carboxylic acids is 2. The molecule has 7 heteroatoms. The third-order valence-corrected chi connectivity index (χ3v) is 4.42. The zero-order chi connectivity index (χ0) is 16.8. The average molecular weight is 352 g/mol. The van der Waals surface area contributed by atoms with E-state index in [0.29, 0.717) is 17.1 Å². The largest absolute Gasteiger partial charge is 0.357 e. The van der Waals surface area contributed by atoms with Gasteiger partial charge in [-0.1, -0.05) is 37.1 Å². The van der Waals surface area contributed by atoms with Crippen LogP contribution in [0.2, 0.25) is 5.02 Å². The maximum atomic E-state index is 12.3. The minimum Gasteiger partial charge on any atom is -0.357 e. The lowest BCUT2D eigenvalue weighted by Crippen LogP contribution is -2.45. The van der Waals surface area contributed by atoms with Crippen LogP contribution in [-0.2, 0) is 4.79 Å². The van der Waals surface area contributed by atoms with E-state index in [1.54, 1.807) is 24.6 Å². The van der Waals surface area contributed by atoms with Crippen LogP contribution in [0.5, 0.6) is 0 Å². The van der Waals surface area contributed by atoms with Crippen molar-refractivity contribution in [2.45, 2.75) is 25.8 Å². The van der Waals surface area contributed by atoms with Gasteiger partial charge in [0.25, 0.3) is 5.91 Å². The van der Waals surface area contributed by atoms with E-state index in [4.69, 9.17) is 11.6 Å². The number of nitrogens with zero attached hydrogens (tertiary/aromatic N) is 1. The molecule has 0 saturated carbocycles. The van der Waals surface area contributed by atoms with E-state index < -0.39 is 6.04 Å². The van der Waals surface area contributed by atoms with Crippen molar-refractivity contribution in [1.82, 2.24) is 15.6 Å². The molecular formula is C16H18ClN3O2S. The van der Waals surface area contributed by atoms with Crippen LogP contribution in [0.15, 0.2) is 29.6 Å². The standard InChI is InChI=1S/C16H18ClN3O2S/c1-3-4-12(14(21)18-2)19-15(22)13-9-23-16(20-13)10-5-7-11(17)8-6-10/h5-9,12H,3-4H2,1-2H3,(H,18,21)(H,19,22). The zero-order valence-electron chi connectivity index (χ0n) is 12.9. The predicted molar refractivity (Wildman–Crippen MR) is 92.8 cm³/mol. The van der Waals surface area contributed by atoms with Crippen LogP contribution in [0.4, 0.5) is 0 Å². The fourth-order valence-electron chi connectivity index (χ4n) is 2.07. The molecule has 1 unspecified atom stereocenters. The van der Waals surface area contributed by atoms with Crippen LogP contribution < -0.4 is 10.6 Å². The number of halogens is 1. The third kappa shape index (κ3) is 4.53. The van der Waals surface area contributed by atoms with Crippen molar-refractivity contribution in [2.75, 3.05) is 7.05 Å². The van der Waals surface area contributed by atoms with Gasteiger partial charge in [-0.3, -0.25) is 9.59 Å². The fourth-order valence-corrected chi connectivity index (χ4v) is 3.00. The fraction of sp³-hybridized carbons (Fsp3) is 0.312. The maximum Gasteiger partial charge on any atom is 0.271 e. The summed E-state index contributed by atoms with van der Waals surface area (Å²) >= 11 is 7.24. The van der Waals surface area contributed by atoms with Crippen LogP contribution in [0, 0.1) is 0 Å². The molecule has 2 amide bonds. The highest BCUT2D eigenvalue weighted by molar-refractivity contribution is 7.13. The highest BCUT2D eigenvalue weighted by Gasteiger charge is 2.21. The Morgan fingerprint density at radius 1 is 1.30 bits per heavy atom. The molecule has 122 valence electrons. The Morgan fingerprint density at radius 3 is 2.61 bits per heavy atom. The molecule has 5 nitrogen and oxygen atoms in total. The molecule has 2 rings (SSSR count). The van der Waals surface area contributed by atoms with E-state index in [1.165, 1.54) is 11.3 Å². The first-order valence-corrected chi connectivity index (χ1v) is 8.54. The van der Waals surface area contributed by atoms with Gasteiger partial charge in [-0.25, -0.2) is 4.98 Å². The molecule has 0 aliphatic heterocycles. The van der Waals surface area contributed by atoms with E-state index in [2.05, 4.69) is 15.6 Å². The van der Waals surface area contributed by atoms with Crippen LogP contribution in [0.25, 0.3) is 10.6 Å². The second-order valence-corrected chi connectivity index (χ2v) is 6.27. The van der Waals surface area contributed by atoms with Crippen LogP contribution in [-0.4, -0.2) is 29.9 Å². The minimum absolute atomic E-state index is 0.201. The topological polar surface area (TPSA) is 71.1 Å². The molecule has 0 radical (unpaired) electrons. The van der Waals surface area contributed by atoms with Gasteiger partial charge in [-0.15, -0.1) is 11.3 Å². The third-order valence-electron chi connectivity index (χ3n) is 3.27. The van der Waals surface area contributed by atoms with Crippen LogP contribution >= 0.6 is 22.9 Å². The van der Waals surface area contributed by atoms with Crippen molar-refractivity contribution in [3.63, 3.8) is 0 Å². The molecule has 0 saturated heterocycles. The molecule has 0 spiro atoms. The molecule has 0 aliphatic rings. The summed E-state index contributed by atoms with van der Waals surface area (Å²) in [5, 5.41) is 8.36. The molecule has 1 heterocycles. The summed E-state index contributed by atoms with van der Waals surface area (Å²) in [7, 11) is 1.55. The van der Waals surface area contributed by atoms with Gasteiger partial charge in [0.1, 0.15) is 16.7 Å². The summed E-state index contributed by atoms with van der Waals surface area (Å²) in [5.74, 6) is -0.545.